The van der Waals surface area contributed by atoms with Crippen molar-refractivity contribution < 1.29 is 14.0 Å². The molecule has 0 fully saturated rings. The number of aryl methyl sites for hydroxylation is 1. The van der Waals surface area contributed by atoms with E-state index in [1.54, 1.807) is 0 Å². The second-order valence-electron chi connectivity index (χ2n) is 4.08. The summed E-state index contributed by atoms with van der Waals surface area (Å²) in [7, 11) is 1.98. The minimum Gasteiger partial charge on any atom is -0.475 e. The van der Waals surface area contributed by atoms with E-state index in [4.69, 9.17) is 9.47 Å². The van der Waals surface area contributed by atoms with E-state index >= 15 is 0 Å². The highest BCUT2D eigenvalue weighted by atomic mass is 32.1. The Kier molecular flexibility index (Phi) is 5.23. The van der Waals surface area contributed by atoms with Gasteiger partial charge in [-0.25, -0.2) is 4.57 Å². The minimum atomic E-state index is 0.595. The molecule has 2 aromatic heterocycles. The van der Waals surface area contributed by atoms with Crippen LogP contribution in [0.2, 0.25) is 0 Å². The molecule has 2 aromatic rings. The molecular formula is C13H18N3O2S+. The average Bonchev–Trinajstić information content (AvgIpc) is 2.87. The second-order valence-corrected chi connectivity index (χ2v) is 4.60. The molecule has 6 heteroatoms. The molecule has 0 saturated heterocycles. The maximum atomic E-state index is 5.67. The molecule has 0 aliphatic heterocycles. The van der Waals surface area contributed by atoms with Crippen LogP contribution < -0.4 is 9.30 Å². The van der Waals surface area contributed by atoms with Crippen LogP contribution in [0.1, 0.15) is 13.3 Å². The van der Waals surface area contributed by atoms with Gasteiger partial charge < -0.3 is 9.47 Å². The molecule has 102 valence electrons. The molecule has 0 amide bonds. The van der Waals surface area contributed by atoms with Gasteiger partial charge in [0.15, 0.2) is 18.1 Å². The second kappa shape index (κ2) is 7.16. The molecule has 0 aliphatic rings. The maximum absolute atomic E-state index is 5.67. The van der Waals surface area contributed by atoms with Gasteiger partial charge in [-0.2, -0.15) is 4.37 Å². The van der Waals surface area contributed by atoms with Crippen LogP contribution in [0.25, 0.3) is 11.3 Å². The summed E-state index contributed by atoms with van der Waals surface area (Å²) in [4.78, 5) is 0. The first-order valence-corrected chi connectivity index (χ1v) is 7.03. The summed E-state index contributed by atoms with van der Waals surface area (Å²) in [5.74, 6) is 0.604. The van der Waals surface area contributed by atoms with E-state index in [0.717, 1.165) is 24.3 Å². The molecule has 0 aromatic carbocycles. The van der Waals surface area contributed by atoms with E-state index in [1.807, 2.05) is 43.1 Å². The third-order valence-corrected chi connectivity index (χ3v) is 3.06. The number of ether oxygens (including phenoxy) is 2. The molecule has 0 N–H and O–H groups in total. The summed E-state index contributed by atoms with van der Waals surface area (Å²) in [6.45, 7) is 4.03. The SMILES string of the molecule is CCOCCCOc1nsnc1-c1ccc[n+](C)c1. The smallest absolute Gasteiger partial charge is 0.254 e. The molecule has 2 rings (SSSR count). The summed E-state index contributed by atoms with van der Waals surface area (Å²) < 4.78 is 21.4. The fourth-order valence-electron chi connectivity index (χ4n) is 1.65. The lowest BCUT2D eigenvalue weighted by atomic mass is 10.2. The summed E-state index contributed by atoms with van der Waals surface area (Å²) in [6.07, 6.45) is 4.84. The number of pyridine rings is 1. The highest BCUT2D eigenvalue weighted by Crippen LogP contribution is 2.26. The molecule has 0 atom stereocenters. The van der Waals surface area contributed by atoms with Crippen LogP contribution in [-0.2, 0) is 11.8 Å². The van der Waals surface area contributed by atoms with E-state index < -0.39 is 0 Å². The number of rotatable bonds is 7. The number of nitrogens with zero attached hydrogens (tertiary/aromatic N) is 3. The largest absolute Gasteiger partial charge is 0.475 e. The fraction of sp³-hybridized carbons (Fsp3) is 0.462. The van der Waals surface area contributed by atoms with Crippen molar-refractivity contribution in [3.05, 3.63) is 24.5 Å². The quantitative estimate of drug-likeness (QED) is 0.573. The molecule has 0 unspecified atom stereocenters. The van der Waals surface area contributed by atoms with Crippen LogP contribution in [-0.4, -0.2) is 28.6 Å². The average molecular weight is 280 g/mol. The van der Waals surface area contributed by atoms with Crippen LogP contribution in [0.4, 0.5) is 0 Å². The first-order chi connectivity index (χ1) is 9.31. The predicted molar refractivity (Wildman–Crippen MR) is 73.1 cm³/mol. The topological polar surface area (TPSA) is 48.1 Å². The summed E-state index contributed by atoms with van der Waals surface area (Å²) in [5.41, 5.74) is 1.82. The van der Waals surface area contributed by atoms with E-state index in [2.05, 4.69) is 8.75 Å². The molecule has 0 bridgehead atoms. The highest BCUT2D eigenvalue weighted by Gasteiger charge is 2.14. The van der Waals surface area contributed by atoms with Gasteiger partial charge in [0.1, 0.15) is 7.05 Å². The van der Waals surface area contributed by atoms with Crippen molar-refractivity contribution in [1.82, 2.24) is 8.75 Å². The van der Waals surface area contributed by atoms with Gasteiger partial charge in [-0.3, -0.25) is 0 Å². The number of aromatic nitrogens is 3. The van der Waals surface area contributed by atoms with Gasteiger partial charge in [0.2, 0.25) is 0 Å². The lowest BCUT2D eigenvalue weighted by molar-refractivity contribution is -0.671. The van der Waals surface area contributed by atoms with Crippen LogP contribution in [0.15, 0.2) is 24.5 Å². The molecular weight excluding hydrogens is 262 g/mol. The van der Waals surface area contributed by atoms with Crippen molar-refractivity contribution in [2.45, 2.75) is 13.3 Å². The molecule has 0 spiro atoms. The van der Waals surface area contributed by atoms with Crippen molar-refractivity contribution in [2.75, 3.05) is 19.8 Å². The van der Waals surface area contributed by atoms with E-state index in [1.165, 1.54) is 11.7 Å². The van der Waals surface area contributed by atoms with Gasteiger partial charge in [-0.1, -0.05) is 0 Å². The zero-order chi connectivity index (χ0) is 13.5. The third-order valence-electron chi connectivity index (χ3n) is 2.55. The zero-order valence-electron chi connectivity index (χ0n) is 11.2. The lowest BCUT2D eigenvalue weighted by Gasteiger charge is -2.04. The van der Waals surface area contributed by atoms with Gasteiger partial charge in [-0.05, 0) is 13.0 Å². The zero-order valence-corrected chi connectivity index (χ0v) is 12.0. The number of hydrogen-bond donors (Lipinski definition) is 0. The Morgan fingerprint density at radius 3 is 3.00 bits per heavy atom. The van der Waals surface area contributed by atoms with Crippen LogP contribution in [0, 0.1) is 0 Å². The van der Waals surface area contributed by atoms with E-state index in [-0.39, 0.29) is 0 Å². The molecule has 0 saturated carbocycles. The fourth-order valence-corrected chi connectivity index (χ4v) is 2.17. The first kappa shape index (κ1) is 13.9. The van der Waals surface area contributed by atoms with Crippen molar-refractivity contribution in [2.24, 2.45) is 7.05 Å². The summed E-state index contributed by atoms with van der Waals surface area (Å²) in [5, 5.41) is 0. The Morgan fingerprint density at radius 1 is 1.32 bits per heavy atom. The van der Waals surface area contributed by atoms with Crippen LogP contribution in [0.5, 0.6) is 5.88 Å². The Hall–Kier alpha value is -1.53. The monoisotopic (exact) mass is 280 g/mol. The minimum absolute atomic E-state index is 0.595. The van der Waals surface area contributed by atoms with Crippen LogP contribution in [0.3, 0.4) is 0 Å². The summed E-state index contributed by atoms with van der Waals surface area (Å²) >= 11 is 1.17. The molecule has 0 aliphatic carbocycles. The van der Waals surface area contributed by atoms with Crippen molar-refractivity contribution in [3.8, 4) is 17.1 Å². The lowest BCUT2D eigenvalue weighted by Crippen LogP contribution is -2.26. The maximum Gasteiger partial charge on any atom is 0.254 e. The first-order valence-electron chi connectivity index (χ1n) is 6.30. The molecule has 2 heterocycles. The van der Waals surface area contributed by atoms with Crippen molar-refractivity contribution in [1.29, 1.82) is 0 Å². The Balaban J connectivity index is 1.98. The predicted octanol–water partition coefficient (Wildman–Crippen LogP) is 1.83. The van der Waals surface area contributed by atoms with Crippen molar-refractivity contribution in [3.63, 3.8) is 0 Å². The molecule has 0 radical (unpaired) electrons. The highest BCUT2D eigenvalue weighted by molar-refractivity contribution is 6.99. The van der Waals surface area contributed by atoms with Crippen LogP contribution >= 0.6 is 11.7 Å². The number of hydrogen-bond acceptors (Lipinski definition) is 5. The van der Waals surface area contributed by atoms with Gasteiger partial charge in [0, 0.05) is 25.7 Å². The molecule has 19 heavy (non-hydrogen) atoms. The van der Waals surface area contributed by atoms with Gasteiger partial charge in [0.05, 0.1) is 23.9 Å². The van der Waals surface area contributed by atoms with E-state index in [0.29, 0.717) is 19.1 Å². The van der Waals surface area contributed by atoms with Crippen molar-refractivity contribution >= 4 is 11.7 Å². The molecule has 5 nitrogen and oxygen atoms in total. The Labute approximate surface area is 117 Å². The Bertz CT molecular complexity index is 516. The normalized spacial score (nSPS) is 10.6. The van der Waals surface area contributed by atoms with Gasteiger partial charge in [-0.15, -0.1) is 4.37 Å². The van der Waals surface area contributed by atoms with Gasteiger partial charge >= 0.3 is 0 Å². The standard InChI is InChI=1S/C13H18N3O2S/c1-3-17-8-5-9-18-13-12(14-19-15-13)11-6-4-7-16(2)10-11/h4,6-7,10H,3,5,8-9H2,1-2H3/q+1. The van der Waals surface area contributed by atoms with E-state index in [9.17, 15) is 0 Å². The third kappa shape index (κ3) is 3.97. The summed E-state index contributed by atoms with van der Waals surface area (Å²) in [6, 6.07) is 3.98. The van der Waals surface area contributed by atoms with Gasteiger partial charge in [0.25, 0.3) is 5.88 Å². The Morgan fingerprint density at radius 2 is 2.21 bits per heavy atom.